The Balaban J connectivity index is 1.04. The maximum atomic E-state index is 12.7. The lowest BCUT2D eigenvalue weighted by Crippen LogP contribution is -2.33. The average molecular weight is 483 g/mol. The number of hydrogen-bond donors (Lipinski definition) is 2. The normalized spacial score (nSPS) is 15.8. The monoisotopic (exact) mass is 482 g/mol. The van der Waals surface area contributed by atoms with Crippen molar-refractivity contribution < 1.29 is 4.79 Å². The van der Waals surface area contributed by atoms with E-state index < -0.39 is 0 Å². The van der Waals surface area contributed by atoms with Gasteiger partial charge in [-0.15, -0.1) is 0 Å². The molecule has 9 nitrogen and oxygen atoms in total. The summed E-state index contributed by atoms with van der Waals surface area (Å²) in [6.45, 7) is 6.88. The lowest BCUT2D eigenvalue weighted by molar-refractivity contribution is 0.205. The highest BCUT2D eigenvalue weighted by molar-refractivity contribution is 5.98. The van der Waals surface area contributed by atoms with Crippen molar-refractivity contribution in [2.45, 2.75) is 39.3 Å². The molecule has 4 aromatic rings. The summed E-state index contributed by atoms with van der Waals surface area (Å²) in [4.78, 5) is 17.5. The van der Waals surface area contributed by atoms with Crippen LogP contribution in [0.5, 0.6) is 0 Å². The summed E-state index contributed by atoms with van der Waals surface area (Å²) >= 11 is 0. The van der Waals surface area contributed by atoms with Gasteiger partial charge in [0.1, 0.15) is 0 Å². The molecule has 36 heavy (non-hydrogen) atoms. The molecule has 2 aromatic carbocycles. The van der Waals surface area contributed by atoms with E-state index in [2.05, 4.69) is 79.2 Å². The van der Waals surface area contributed by atoms with Crippen molar-refractivity contribution in [3.8, 4) is 0 Å². The molecule has 0 radical (unpaired) electrons. The van der Waals surface area contributed by atoms with Gasteiger partial charge in [0.2, 0.25) is 0 Å². The van der Waals surface area contributed by atoms with Crippen LogP contribution in [0.4, 0.5) is 16.4 Å². The summed E-state index contributed by atoms with van der Waals surface area (Å²) in [5.74, 6) is 1.11. The molecule has 0 spiro atoms. The number of carbonyl (C=O) groups excluding carboxylic acids is 1. The highest BCUT2D eigenvalue weighted by Gasteiger charge is 2.21. The highest BCUT2D eigenvalue weighted by Crippen LogP contribution is 2.20. The molecule has 2 aliphatic heterocycles. The van der Waals surface area contributed by atoms with Crippen LogP contribution in [0.25, 0.3) is 0 Å². The zero-order valence-corrected chi connectivity index (χ0v) is 20.2. The minimum absolute atomic E-state index is 0.330. The van der Waals surface area contributed by atoms with Crippen molar-refractivity contribution in [2.24, 2.45) is 0 Å². The van der Waals surface area contributed by atoms with E-state index in [1.807, 2.05) is 33.6 Å². The van der Waals surface area contributed by atoms with Gasteiger partial charge in [0.25, 0.3) is 0 Å². The first-order valence-electron chi connectivity index (χ1n) is 12.4. The third-order valence-electron chi connectivity index (χ3n) is 6.74. The fourth-order valence-electron chi connectivity index (χ4n) is 4.98. The molecule has 0 fully saturated rings. The summed E-state index contributed by atoms with van der Waals surface area (Å²) in [5.41, 5.74) is 4.80. The van der Waals surface area contributed by atoms with Crippen LogP contribution in [0, 0.1) is 0 Å². The molecule has 2 aromatic heterocycles. The third kappa shape index (κ3) is 5.17. The molecule has 0 saturated heterocycles. The molecule has 2 aliphatic rings. The molecular formula is C27H30N8O. The fraction of sp³-hybridized carbons (Fsp3) is 0.296. The van der Waals surface area contributed by atoms with E-state index in [1.54, 1.807) is 0 Å². The van der Waals surface area contributed by atoms with Gasteiger partial charge in [0.15, 0.2) is 11.6 Å². The fourth-order valence-corrected chi connectivity index (χ4v) is 4.98. The third-order valence-corrected chi connectivity index (χ3v) is 6.74. The second-order valence-electron chi connectivity index (χ2n) is 9.46. The smallest absolute Gasteiger partial charge is 0.291 e. The van der Waals surface area contributed by atoms with Gasteiger partial charge in [0.05, 0.1) is 24.5 Å². The molecule has 4 heterocycles. The number of benzene rings is 2. The number of rotatable bonds is 6. The second-order valence-corrected chi connectivity index (χ2v) is 9.46. The van der Waals surface area contributed by atoms with E-state index in [9.17, 15) is 4.79 Å². The van der Waals surface area contributed by atoms with Gasteiger partial charge in [-0.25, -0.2) is 4.79 Å². The van der Waals surface area contributed by atoms with Crippen LogP contribution >= 0.6 is 0 Å². The zero-order valence-electron chi connectivity index (χ0n) is 20.2. The molecule has 0 aliphatic carbocycles. The Hall–Kier alpha value is -3.95. The number of nitrogens with zero attached hydrogens (tertiary/aromatic N) is 6. The van der Waals surface area contributed by atoms with E-state index in [4.69, 9.17) is 0 Å². The van der Waals surface area contributed by atoms with Crippen molar-refractivity contribution in [1.82, 2.24) is 29.4 Å². The van der Waals surface area contributed by atoms with Gasteiger partial charge in [-0.2, -0.15) is 10.2 Å². The first kappa shape index (κ1) is 22.5. The largest absolute Gasteiger partial charge is 0.326 e. The Bertz CT molecular complexity index is 1230. The van der Waals surface area contributed by atoms with Gasteiger partial charge in [0, 0.05) is 51.4 Å². The summed E-state index contributed by atoms with van der Waals surface area (Å²) in [5, 5.41) is 14.9. The lowest BCUT2D eigenvalue weighted by Gasteiger charge is -2.27. The van der Waals surface area contributed by atoms with Gasteiger partial charge in [-0.05, 0) is 11.1 Å². The highest BCUT2D eigenvalue weighted by atomic mass is 16.2. The molecule has 0 unspecified atom stereocenters. The van der Waals surface area contributed by atoms with Crippen LogP contribution in [0.2, 0.25) is 0 Å². The minimum Gasteiger partial charge on any atom is -0.291 e. The van der Waals surface area contributed by atoms with Gasteiger partial charge in [-0.1, -0.05) is 60.7 Å². The molecule has 0 saturated carbocycles. The minimum atomic E-state index is -0.330. The topological polar surface area (TPSA) is 83.2 Å². The number of carbonyl (C=O) groups is 1. The van der Waals surface area contributed by atoms with Crippen molar-refractivity contribution in [2.75, 3.05) is 23.7 Å². The Labute approximate surface area is 210 Å². The number of urea groups is 1. The Morgan fingerprint density at radius 1 is 0.667 bits per heavy atom. The Morgan fingerprint density at radius 3 is 1.56 bits per heavy atom. The van der Waals surface area contributed by atoms with E-state index >= 15 is 0 Å². The van der Waals surface area contributed by atoms with Crippen molar-refractivity contribution in [3.05, 3.63) is 95.3 Å². The SMILES string of the molecule is O=C(Nc1cc2n(n1)CCN(Cc1ccccc1)C2)Nc1cc2n(n1)CCN(Cc1ccccc1)C2. The zero-order chi connectivity index (χ0) is 24.3. The number of amides is 2. The van der Waals surface area contributed by atoms with Crippen LogP contribution in [-0.4, -0.2) is 48.5 Å². The molecule has 9 heteroatoms. The van der Waals surface area contributed by atoms with Crippen LogP contribution < -0.4 is 10.6 Å². The van der Waals surface area contributed by atoms with Gasteiger partial charge < -0.3 is 0 Å². The number of anilines is 2. The number of hydrogen-bond acceptors (Lipinski definition) is 5. The molecule has 2 amide bonds. The van der Waals surface area contributed by atoms with Crippen molar-refractivity contribution in [1.29, 1.82) is 0 Å². The molecule has 0 atom stereocenters. The lowest BCUT2D eigenvalue weighted by atomic mass is 10.2. The second kappa shape index (κ2) is 9.96. The molecule has 6 rings (SSSR count). The Morgan fingerprint density at radius 2 is 1.11 bits per heavy atom. The van der Waals surface area contributed by atoms with E-state index in [1.165, 1.54) is 11.1 Å². The summed E-state index contributed by atoms with van der Waals surface area (Å²) in [7, 11) is 0. The van der Waals surface area contributed by atoms with Crippen molar-refractivity contribution in [3.63, 3.8) is 0 Å². The molecule has 0 bridgehead atoms. The van der Waals surface area contributed by atoms with Crippen LogP contribution in [0.3, 0.4) is 0 Å². The number of aromatic nitrogens is 4. The molecule has 184 valence electrons. The summed E-state index contributed by atoms with van der Waals surface area (Å²) in [6.07, 6.45) is 0. The van der Waals surface area contributed by atoms with Crippen molar-refractivity contribution >= 4 is 17.7 Å². The standard InChI is InChI=1S/C27H30N8O/c36-27(28-25-15-23-19-32(11-13-34(23)30-25)17-21-7-3-1-4-8-21)29-26-16-24-20-33(12-14-35(24)31-26)18-22-9-5-2-6-10-22/h1-10,15-16H,11-14,17-20H2,(H2,28,29,30,31,36). The van der Waals surface area contributed by atoms with E-state index in [0.29, 0.717) is 11.6 Å². The van der Waals surface area contributed by atoms with E-state index in [-0.39, 0.29) is 6.03 Å². The first-order chi connectivity index (χ1) is 17.7. The summed E-state index contributed by atoms with van der Waals surface area (Å²) in [6, 6.07) is 24.5. The van der Waals surface area contributed by atoms with Gasteiger partial charge >= 0.3 is 6.03 Å². The maximum Gasteiger partial charge on any atom is 0.326 e. The maximum absolute atomic E-state index is 12.7. The number of nitrogens with one attached hydrogen (secondary N) is 2. The Kier molecular flexibility index (Phi) is 6.23. The summed E-state index contributed by atoms with van der Waals surface area (Å²) < 4.78 is 3.96. The number of fused-ring (bicyclic) bond motifs is 2. The van der Waals surface area contributed by atoms with Crippen LogP contribution in [0.15, 0.2) is 72.8 Å². The predicted octanol–water partition coefficient (Wildman–Crippen LogP) is 3.76. The average Bonchev–Trinajstić information content (AvgIpc) is 3.47. The molecule has 2 N–H and O–H groups in total. The van der Waals surface area contributed by atoms with Crippen LogP contribution in [0.1, 0.15) is 22.5 Å². The van der Waals surface area contributed by atoms with Crippen LogP contribution in [-0.2, 0) is 39.3 Å². The van der Waals surface area contributed by atoms with E-state index in [0.717, 1.165) is 63.7 Å². The molecular weight excluding hydrogens is 452 g/mol. The first-order valence-corrected chi connectivity index (χ1v) is 12.4. The quantitative estimate of drug-likeness (QED) is 0.437. The predicted molar refractivity (Wildman–Crippen MR) is 138 cm³/mol. The van der Waals surface area contributed by atoms with Gasteiger partial charge in [-0.3, -0.25) is 29.8 Å².